The molecule has 1 aliphatic rings. The van der Waals surface area contributed by atoms with Crippen molar-refractivity contribution in [2.24, 2.45) is 7.05 Å². The Kier molecular flexibility index (Phi) is 2.58. The number of fused-ring (bicyclic) bond motifs is 2. The molecule has 0 saturated carbocycles. The van der Waals surface area contributed by atoms with Crippen molar-refractivity contribution in [3.05, 3.63) is 53.1 Å². The Morgan fingerprint density at radius 3 is 2.81 bits per heavy atom. The molecule has 0 unspecified atom stereocenters. The number of hydrogen-bond donors (Lipinski definition) is 0. The van der Waals surface area contributed by atoms with Crippen molar-refractivity contribution < 1.29 is 0 Å². The van der Waals surface area contributed by atoms with Gasteiger partial charge >= 0.3 is 0 Å². The van der Waals surface area contributed by atoms with Crippen molar-refractivity contribution in [1.82, 2.24) is 9.55 Å². The van der Waals surface area contributed by atoms with Crippen LogP contribution in [0.2, 0.25) is 0 Å². The molecule has 0 bridgehead atoms. The molecule has 21 heavy (non-hydrogen) atoms. The van der Waals surface area contributed by atoms with E-state index in [9.17, 15) is 0 Å². The smallest absolute Gasteiger partial charge is 0.140 e. The molecule has 0 N–H and O–H groups in total. The number of aromatic nitrogens is 2. The molecule has 0 aliphatic heterocycles. The predicted molar refractivity (Wildman–Crippen MR) is 82.9 cm³/mol. The average molecular weight is 273 g/mol. The zero-order valence-electron chi connectivity index (χ0n) is 11.9. The molecule has 0 atom stereocenters. The third kappa shape index (κ3) is 1.84. The number of benzene rings is 2. The zero-order valence-corrected chi connectivity index (χ0v) is 11.9. The molecule has 3 nitrogen and oxygen atoms in total. The van der Waals surface area contributed by atoms with Gasteiger partial charge in [-0.25, -0.2) is 4.98 Å². The Labute approximate surface area is 123 Å². The van der Waals surface area contributed by atoms with Crippen LogP contribution in [0.4, 0.5) is 0 Å². The highest BCUT2D eigenvalue weighted by Crippen LogP contribution is 2.29. The quantitative estimate of drug-likeness (QED) is 0.679. The van der Waals surface area contributed by atoms with Crippen molar-refractivity contribution in [3.8, 4) is 17.5 Å². The summed E-state index contributed by atoms with van der Waals surface area (Å²) >= 11 is 0. The summed E-state index contributed by atoms with van der Waals surface area (Å²) in [7, 11) is 2.01. The summed E-state index contributed by atoms with van der Waals surface area (Å²) in [6.07, 6.45) is 3.63. The number of imidazole rings is 1. The average Bonchev–Trinajstić information content (AvgIpc) is 3.11. The summed E-state index contributed by atoms with van der Waals surface area (Å²) in [5.41, 5.74) is 6.71. The lowest BCUT2D eigenvalue weighted by Crippen LogP contribution is -1.94. The fourth-order valence-electron chi connectivity index (χ4n) is 3.23. The molecular formula is C18H15N3. The van der Waals surface area contributed by atoms with Crippen LogP contribution in [-0.4, -0.2) is 9.55 Å². The molecule has 4 rings (SSSR count). The minimum atomic E-state index is 0.672. The third-order valence-corrected chi connectivity index (χ3v) is 4.37. The Morgan fingerprint density at radius 2 is 1.95 bits per heavy atom. The van der Waals surface area contributed by atoms with Gasteiger partial charge in [-0.3, -0.25) is 0 Å². The number of hydrogen-bond acceptors (Lipinski definition) is 2. The van der Waals surface area contributed by atoms with Crippen molar-refractivity contribution in [2.75, 3.05) is 0 Å². The van der Waals surface area contributed by atoms with Crippen LogP contribution in [0.3, 0.4) is 0 Å². The summed E-state index contributed by atoms with van der Waals surface area (Å²) in [6, 6.07) is 14.5. The SMILES string of the molecule is Cn1c(-c2ccc3c(c2)CCC3)nc2ccc(C#N)cc21. The number of aryl methyl sites for hydroxylation is 3. The Balaban J connectivity index is 1.91. The molecule has 3 aromatic rings. The summed E-state index contributed by atoms with van der Waals surface area (Å²) in [5.74, 6) is 0.967. The van der Waals surface area contributed by atoms with Gasteiger partial charge in [-0.05, 0) is 54.7 Å². The molecule has 0 fully saturated rings. The second-order valence-electron chi connectivity index (χ2n) is 5.65. The lowest BCUT2D eigenvalue weighted by atomic mass is 10.1. The predicted octanol–water partition coefficient (Wildman–Crippen LogP) is 3.60. The van der Waals surface area contributed by atoms with E-state index in [4.69, 9.17) is 10.2 Å². The third-order valence-electron chi connectivity index (χ3n) is 4.37. The van der Waals surface area contributed by atoms with E-state index in [2.05, 4.69) is 28.8 Å². The highest BCUT2D eigenvalue weighted by molar-refractivity contribution is 5.82. The first-order chi connectivity index (χ1) is 10.3. The van der Waals surface area contributed by atoms with Gasteiger partial charge in [-0.2, -0.15) is 5.26 Å². The van der Waals surface area contributed by atoms with E-state index in [1.54, 1.807) is 0 Å². The lowest BCUT2D eigenvalue weighted by molar-refractivity contribution is 0.911. The first-order valence-corrected chi connectivity index (χ1v) is 7.25. The van der Waals surface area contributed by atoms with Crippen LogP contribution in [0, 0.1) is 11.3 Å². The number of nitriles is 1. The fraction of sp³-hybridized carbons (Fsp3) is 0.222. The molecule has 0 amide bonds. The van der Waals surface area contributed by atoms with Gasteiger partial charge in [0.1, 0.15) is 5.82 Å². The van der Waals surface area contributed by atoms with Gasteiger partial charge in [0, 0.05) is 12.6 Å². The topological polar surface area (TPSA) is 41.6 Å². The van der Waals surface area contributed by atoms with E-state index in [1.807, 2.05) is 25.2 Å². The van der Waals surface area contributed by atoms with Gasteiger partial charge in [-0.15, -0.1) is 0 Å². The van der Waals surface area contributed by atoms with E-state index < -0.39 is 0 Å². The first kappa shape index (κ1) is 12.2. The van der Waals surface area contributed by atoms with Crippen LogP contribution in [0.1, 0.15) is 23.1 Å². The Bertz CT molecular complexity index is 897. The zero-order chi connectivity index (χ0) is 14.4. The van der Waals surface area contributed by atoms with E-state index in [-0.39, 0.29) is 0 Å². The molecular weight excluding hydrogens is 258 g/mol. The highest BCUT2D eigenvalue weighted by Gasteiger charge is 2.15. The number of rotatable bonds is 1. The standard InChI is InChI=1S/C18H15N3/c1-21-17-9-12(11-19)5-8-16(17)20-18(21)15-7-6-13-3-2-4-14(13)10-15/h5-10H,2-4H2,1H3. The maximum Gasteiger partial charge on any atom is 0.140 e. The van der Waals surface area contributed by atoms with Crippen LogP contribution in [-0.2, 0) is 19.9 Å². The summed E-state index contributed by atoms with van der Waals surface area (Å²) in [4.78, 5) is 4.74. The normalized spacial score (nSPS) is 13.3. The van der Waals surface area contributed by atoms with E-state index in [1.165, 1.54) is 30.4 Å². The second-order valence-corrected chi connectivity index (χ2v) is 5.65. The summed E-state index contributed by atoms with van der Waals surface area (Å²) < 4.78 is 2.08. The van der Waals surface area contributed by atoms with Crippen molar-refractivity contribution in [3.63, 3.8) is 0 Å². The monoisotopic (exact) mass is 273 g/mol. The molecule has 0 radical (unpaired) electrons. The van der Waals surface area contributed by atoms with Crippen molar-refractivity contribution >= 4 is 11.0 Å². The molecule has 0 saturated heterocycles. The molecule has 1 aromatic heterocycles. The van der Waals surface area contributed by atoms with Gasteiger partial charge < -0.3 is 4.57 Å². The van der Waals surface area contributed by atoms with Crippen molar-refractivity contribution in [2.45, 2.75) is 19.3 Å². The van der Waals surface area contributed by atoms with Crippen molar-refractivity contribution in [1.29, 1.82) is 5.26 Å². The fourth-order valence-corrected chi connectivity index (χ4v) is 3.23. The Morgan fingerprint density at radius 1 is 1.10 bits per heavy atom. The van der Waals surface area contributed by atoms with Gasteiger partial charge in [0.05, 0.1) is 22.7 Å². The van der Waals surface area contributed by atoms with Gasteiger partial charge in [0.2, 0.25) is 0 Å². The van der Waals surface area contributed by atoms with Gasteiger partial charge in [-0.1, -0.05) is 12.1 Å². The maximum atomic E-state index is 9.04. The summed E-state index contributed by atoms with van der Waals surface area (Å²) in [6.45, 7) is 0. The molecule has 3 heteroatoms. The van der Waals surface area contributed by atoms with Crippen LogP contribution >= 0.6 is 0 Å². The van der Waals surface area contributed by atoms with Gasteiger partial charge in [0.15, 0.2) is 0 Å². The highest BCUT2D eigenvalue weighted by atomic mass is 15.1. The second kappa shape index (κ2) is 4.46. The largest absolute Gasteiger partial charge is 0.327 e. The molecule has 2 aromatic carbocycles. The molecule has 0 spiro atoms. The van der Waals surface area contributed by atoms with Gasteiger partial charge in [0.25, 0.3) is 0 Å². The molecule has 1 heterocycles. The van der Waals surface area contributed by atoms with E-state index in [0.717, 1.165) is 22.4 Å². The Hall–Kier alpha value is -2.60. The van der Waals surface area contributed by atoms with E-state index in [0.29, 0.717) is 5.56 Å². The lowest BCUT2D eigenvalue weighted by Gasteiger charge is -2.05. The minimum absolute atomic E-state index is 0.672. The minimum Gasteiger partial charge on any atom is -0.327 e. The number of nitrogens with zero attached hydrogens (tertiary/aromatic N) is 3. The molecule has 102 valence electrons. The van der Waals surface area contributed by atoms with Crippen LogP contribution in [0.15, 0.2) is 36.4 Å². The maximum absolute atomic E-state index is 9.04. The van der Waals surface area contributed by atoms with E-state index >= 15 is 0 Å². The van der Waals surface area contributed by atoms with Crippen LogP contribution in [0.25, 0.3) is 22.4 Å². The molecule has 1 aliphatic carbocycles. The van der Waals surface area contributed by atoms with Crippen LogP contribution in [0.5, 0.6) is 0 Å². The first-order valence-electron chi connectivity index (χ1n) is 7.25. The summed E-state index contributed by atoms with van der Waals surface area (Å²) in [5, 5.41) is 9.04. The van der Waals surface area contributed by atoms with Crippen LogP contribution < -0.4 is 0 Å².